The zero-order chi connectivity index (χ0) is 13.8. The Hall–Kier alpha value is -2.23. The molecule has 0 amide bonds. The lowest BCUT2D eigenvalue weighted by Crippen LogP contribution is -2.17. The normalized spacial score (nSPS) is 12.1. The third-order valence-electron chi connectivity index (χ3n) is 2.98. The summed E-state index contributed by atoms with van der Waals surface area (Å²) in [6.45, 7) is 1.96. The Morgan fingerprint density at radius 2 is 2.00 bits per heavy atom. The first kappa shape index (κ1) is 13.2. The molecule has 2 rings (SSSR count). The van der Waals surface area contributed by atoms with E-state index >= 15 is 0 Å². The first-order chi connectivity index (χ1) is 9.08. The molecule has 0 saturated heterocycles. The topological polar surface area (TPSA) is 50.2 Å². The number of hydrogen-bond donors (Lipinski definition) is 1. The number of aliphatic carboxylic acids is 1. The van der Waals surface area contributed by atoms with E-state index in [-0.39, 0.29) is 12.1 Å². The minimum atomic E-state index is -1.07. The average Bonchev–Trinajstić information content (AvgIpc) is 2.39. The number of aromatic nitrogens is 1. The van der Waals surface area contributed by atoms with Gasteiger partial charge >= 0.3 is 5.97 Å². The zero-order valence-corrected chi connectivity index (χ0v) is 10.5. The highest BCUT2D eigenvalue weighted by molar-refractivity contribution is 5.76. The van der Waals surface area contributed by atoms with Crippen LogP contribution >= 0.6 is 0 Å². The van der Waals surface area contributed by atoms with Crippen molar-refractivity contribution >= 4 is 5.97 Å². The molecule has 1 heterocycles. The van der Waals surface area contributed by atoms with Crippen molar-refractivity contribution in [3.05, 3.63) is 65.2 Å². The Balaban J connectivity index is 2.29. The molecule has 1 aromatic heterocycles. The van der Waals surface area contributed by atoms with E-state index in [2.05, 4.69) is 4.98 Å². The SMILES string of the molecule is Cc1ccc(CC(C(=O)O)c2ncccc2F)cc1. The average molecular weight is 259 g/mol. The van der Waals surface area contributed by atoms with Gasteiger partial charge in [0.05, 0.1) is 5.69 Å². The fraction of sp³-hybridized carbons (Fsp3) is 0.200. The molecule has 0 radical (unpaired) electrons. The molecule has 3 nitrogen and oxygen atoms in total. The maximum Gasteiger partial charge on any atom is 0.313 e. The molecule has 0 aliphatic rings. The van der Waals surface area contributed by atoms with Crippen LogP contribution in [0.4, 0.5) is 4.39 Å². The van der Waals surface area contributed by atoms with Gasteiger partial charge in [0, 0.05) is 6.20 Å². The van der Waals surface area contributed by atoms with Gasteiger partial charge < -0.3 is 5.11 Å². The van der Waals surface area contributed by atoms with Gasteiger partial charge in [0.2, 0.25) is 0 Å². The first-order valence-electron chi connectivity index (χ1n) is 5.96. The maximum atomic E-state index is 13.6. The van der Waals surface area contributed by atoms with Crippen LogP contribution in [0.2, 0.25) is 0 Å². The van der Waals surface area contributed by atoms with Crippen molar-refractivity contribution in [2.75, 3.05) is 0 Å². The summed E-state index contributed by atoms with van der Waals surface area (Å²) in [5, 5.41) is 9.26. The van der Waals surface area contributed by atoms with Crippen molar-refractivity contribution in [2.45, 2.75) is 19.3 Å². The van der Waals surface area contributed by atoms with Gasteiger partial charge in [-0.25, -0.2) is 4.39 Å². The Bertz CT molecular complexity index is 581. The molecule has 2 aromatic rings. The second kappa shape index (κ2) is 5.61. The van der Waals surface area contributed by atoms with Crippen molar-refractivity contribution in [2.24, 2.45) is 0 Å². The number of pyridine rings is 1. The molecule has 1 N–H and O–H groups in total. The molecule has 19 heavy (non-hydrogen) atoms. The Kier molecular flexibility index (Phi) is 3.90. The molecule has 0 spiro atoms. The second-order valence-corrected chi connectivity index (χ2v) is 4.45. The van der Waals surface area contributed by atoms with E-state index in [4.69, 9.17) is 0 Å². The summed E-state index contributed by atoms with van der Waals surface area (Å²) in [6, 6.07) is 10.2. The van der Waals surface area contributed by atoms with Crippen molar-refractivity contribution in [3.63, 3.8) is 0 Å². The fourth-order valence-electron chi connectivity index (χ4n) is 1.92. The summed E-state index contributed by atoms with van der Waals surface area (Å²) in [5.74, 6) is -2.62. The molecular weight excluding hydrogens is 245 g/mol. The van der Waals surface area contributed by atoms with Gasteiger partial charge in [0.25, 0.3) is 0 Å². The first-order valence-corrected chi connectivity index (χ1v) is 5.96. The van der Waals surface area contributed by atoms with E-state index in [1.807, 2.05) is 31.2 Å². The number of carboxylic acids is 1. The van der Waals surface area contributed by atoms with Gasteiger partial charge in [-0.3, -0.25) is 9.78 Å². The van der Waals surface area contributed by atoms with Crippen molar-refractivity contribution in [3.8, 4) is 0 Å². The van der Waals surface area contributed by atoms with Crippen molar-refractivity contribution in [1.82, 2.24) is 4.98 Å². The molecule has 0 bridgehead atoms. The van der Waals surface area contributed by atoms with E-state index < -0.39 is 17.7 Å². The predicted molar refractivity (Wildman–Crippen MR) is 69.5 cm³/mol. The van der Waals surface area contributed by atoms with Gasteiger partial charge in [0.1, 0.15) is 11.7 Å². The molecule has 0 fully saturated rings. The third-order valence-corrected chi connectivity index (χ3v) is 2.98. The molecule has 4 heteroatoms. The standard InChI is InChI=1S/C15H14FNO2/c1-10-4-6-11(7-5-10)9-12(15(18)19)14-13(16)3-2-8-17-14/h2-8,12H,9H2,1H3,(H,18,19). The molecule has 98 valence electrons. The van der Waals surface area contributed by atoms with Gasteiger partial charge in [-0.15, -0.1) is 0 Å². The van der Waals surface area contributed by atoms with Gasteiger partial charge in [0.15, 0.2) is 0 Å². The van der Waals surface area contributed by atoms with Crippen LogP contribution in [0.5, 0.6) is 0 Å². The summed E-state index contributed by atoms with van der Waals surface area (Å²) < 4.78 is 13.6. The summed E-state index contributed by atoms with van der Waals surface area (Å²) in [7, 11) is 0. The Labute approximate surface area is 110 Å². The number of hydrogen-bond acceptors (Lipinski definition) is 2. The number of halogens is 1. The lowest BCUT2D eigenvalue weighted by atomic mass is 9.95. The minimum Gasteiger partial charge on any atom is -0.481 e. The molecule has 0 saturated carbocycles. The third kappa shape index (κ3) is 3.16. The number of benzene rings is 1. The molecule has 1 aromatic carbocycles. The fourth-order valence-corrected chi connectivity index (χ4v) is 1.92. The Morgan fingerprint density at radius 3 is 2.58 bits per heavy atom. The second-order valence-electron chi connectivity index (χ2n) is 4.45. The monoisotopic (exact) mass is 259 g/mol. The minimum absolute atomic E-state index is 0.0180. The van der Waals surface area contributed by atoms with E-state index in [9.17, 15) is 14.3 Å². The van der Waals surface area contributed by atoms with Gasteiger partial charge in [-0.05, 0) is 31.0 Å². The van der Waals surface area contributed by atoms with Crippen molar-refractivity contribution in [1.29, 1.82) is 0 Å². The zero-order valence-electron chi connectivity index (χ0n) is 10.5. The summed E-state index contributed by atoms with van der Waals surface area (Å²) in [6.07, 6.45) is 1.63. The van der Waals surface area contributed by atoms with E-state index in [0.717, 1.165) is 11.1 Å². The summed E-state index contributed by atoms with van der Waals surface area (Å²) in [5.41, 5.74) is 1.93. The van der Waals surface area contributed by atoms with Crippen LogP contribution in [0.1, 0.15) is 22.7 Å². The van der Waals surface area contributed by atoms with Crippen LogP contribution in [0.25, 0.3) is 0 Å². The highest BCUT2D eigenvalue weighted by Gasteiger charge is 2.24. The van der Waals surface area contributed by atoms with Crippen LogP contribution in [-0.4, -0.2) is 16.1 Å². The highest BCUT2D eigenvalue weighted by Crippen LogP contribution is 2.22. The maximum absolute atomic E-state index is 13.6. The number of carboxylic acid groups (broad SMARTS) is 1. The number of rotatable bonds is 4. The quantitative estimate of drug-likeness (QED) is 0.918. The molecule has 1 atom stereocenters. The van der Waals surface area contributed by atoms with Crippen LogP contribution < -0.4 is 0 Å². The van der Waals surface area contributed by atoms with E-state index in [1.165, 1.54) is 18.3 Å². The molecule has 0 aliphatic heterocycles. The van der Waals surface area contributed by atoms with Gasteiger partial charge in [-0.2, -0.15) is 0 Å². The Morgan fingerprint density at radius 1 is 1.32 bits per heavy atom. The lowest BCUT2D eigenvalue weighted by Gasteiger charge is -2.12. The largest absolute Gasteiger partial charge is 0.481 e. The van der Waals surface area contributed by atoms with E-state index in [1.54, 1.807) is 0 Å². The van der Waals surface area contributed by atoms with Crippen LogP contribution in [0, 0.1) is 12.7 Å². The van der Waals surface area contributed by atoms with E-state index in [0.29, 0.717) is 0 Å². The molecular formula is C15H14FNO2. The van der Waals surface area contributed by atoms with Crippen molar-refractivity contribution < 1.29 is 14.3 Å². The smallest absolute Gasteiger partial charge is 0.313 e. The summed E-state index contributed by atoms with van der Waals surface area (Å²) >= 11 is 0. The summed E-state index contributed by atoms with van der Waals surface area (Å²) in [4.78, 5) is 15.2. The lowest BCUT2D eigenvalue weighted by molar-refractivity contribution is -0.138. The van der Waals surface area contributed by atoms with Crippen LogP contribution in [0.3, 0.4) is 0 Å². The predicted octanol–water partition coefficient (Wildman–Crippen LogP) is 2.94. The van der Waals surface area contributed by atoms with Crippen LogP contribution in [0.15, 0.2) is 42.6 Å². The number of aryl methyl sites for hydroxylation is 1. The number of carbonyl (C=O) groups is 1. The molecule has 1 unspecified atom stereocenters. The van der Waals surface area contributed by atoms with Crippen LogP contribution in [-0.2, 0) is 11.2 Å². The molecule has 0 aliphatic carbocycles. The van der Waals surface area contributed by atoms with Gasteiger partial charge in [-0.1, -0.05) is 29.8 Å². The number of nitrogens with zero attached hydrogens (tertiary/aromatic N) is 1. The highest BCUT2D eigenvalue weighted by atomic mass is 19.1.